The third-order valence-corrected chi connectivity index (χ3v) is 3.99. The molecule has 0 amide bonds. The number of thioether (sulfide) groups is 1. The predicted octanol–water partition coefficient (Wildman–Crippen LogP) is 4.86. The third kappa shape index (κ3) is 2.96. The Balaban J connectivity index is 2.56. The van der Waals surface area contributed by atoms with E-state index in [0.29, 0.717) is 16.1 Å². The van der Waals surface area contributed by atoms with Gasteiger partial charge in [0.25, 0.3) is 0 Å². The van der Waals surface area contributed by atoms with E-state index in [4.69, 9.17) is 22.1 Å². The maximum absolute atomic E-state index is 9.10. The standard InChI is InChI=1S/C16H11ClN2S/c1-2-20-14-5-3-4-11(6-14)15-7-12(9-18)13(10-19)8-16(15)17/h3-8H,2H2,1H3. The lowest BCUT2D eigenvalue weighted by atomic mass is 10.00. The van der Waals surface area contributed by atoms with Crippen LogP contribution in [0.15, 0.2) is 41.3 Å². The summed E-state index contributed by atoms with van der Waals surface area (Å²) in [6, 6.07) is 15.3. The second-order valence-corrected chi connectivity index (χ2v) is 5.81. The van der Waals surface area contributed by atoms with Crippen LogP contribution < -0.4 is 0 Å². The van der Waals surface area contributed by atoms with E-state index in [1.54, 1.807) is 23.9 Å². The number of benzene rings is 2. The molecule has 0 spiro atoms. The van der Waals surface area contributed by atoms with Gasteiger partial charge in [-0.3, -0.25) is 0 Å². The van der Waals surface area contributed by atoms with E-state index in [9.17, 15) is 0 Å². The zero-order valence-corrected chi connectivity index (χ0v) is 12.4. The molecule has 2 rings (SSSR count). The number of hydrogen-bond donors (Lipinski definition) is 0. The molecule has 4 heteroatoms. The van der Waals surface area contributed by atoms with Gasteiger partial charge in [-0.25, -0.2) is 0 Å². The lowest BCUT2D eigenvalue weighted by molar-refractivity contribution is 1.41. The highest BCUT2D eigenvalue weighted by atomic mass is 35.5. The van der Waals surface area contributed by atoms with Gasteiger partial charge >= 0.3 is 0 Å². The minimum atomic E-state index is 0.306. The molecule has 0 aromatic heterocycles. The Hall–Kier alpha value is -1.94. The normalized spacial score (nSPS) is 9.80. The smallest absolute Gasteiger partial charge is 0.101 e. The van der Waals surface area contributed by atoms with Crippen molar-refractivity contribution in [3.05, 3.63) is 52.5 Å². The van der Waals surface area contributed by atoms with Gasteiger partial charge in [0.1, 0.15) is 12.1 Å². The van der Waals surface area contributed by atoms with Crippen molar-refractivity contribution >= 4 is 23.4 Å². The first-order valence-electron chi connectivity index (χ1n) is 6.06. The fourth-order valence-corrected chi connectivity index (χ4v) is 2.89. The van der Waals surface area contributed by atoms with Crippen LogP contribution in [0.25, 0.3) is 11.1 Å². The fourth-order valence-electron chi connectivity index (χ4n) is 1.90. The molecule has 0 fully saturated rings. The van der Waals surface area contributed by atoms with Gasteiger partial charge in [0.15, 0.2) is 0 Å². The van der Waals surface area contributed by atoms with Crippen molar-refractivity contribution in [2.45, 2.75) is 11.8 Å². The van der Waals surface area contributed by atoms with Crippen LogP contribution >= 0.6 is 23.4 Å². The summed E-state index contributed by atoms with van der Waals surface area (Å²) in [5.41, 5.74) is 2.39. The van der Waals surface area contributed by atoms with Gasteiger partial charge in [0, 0.05) is 15.5 Å². The quantitative estimate of drug-likeness (QED) is 0.760. The van der Waals surface area contributed by atoms with Crippen molar-refractivity contribution in [1.82, 2.24) is 0 Å². The number of halogens is 1. The molecule has 0 unspecified atom stereocenters. The first-order valence-corrected chi connectivity index (χ1v) is 7.43. The monoisotopic (exact) mass is 298 g/mol. The summed E-state index contributed by atoms with van der Waals surface area (Å²) in [5, 5.41) is 18.6. The van der Waals surface area contributed by atoms with E-state index in [1.807, 2.05) is 36.4 Å². The van der Waals surface area contributed by atoms with Crippen LogP contribution in [0.4, 0.5) is 0 Å². The Bertz CT molecular complexity index is 726. The van der Waals surface area contributed by atoms with Crippen LogP contribution in [-0.4, -0.2) is 5.75 Å². The minimum absolute atomic E-state index is 0.306. The van der Waals surface area contributed by atoms with Crippen LogP contribution in [0.1, 0.15) is 18.1 Å². The van der Waals surface area contributed by atoms with E-state index < -0.39 is 0 Å². The number of hydrogen-bond acceptors (Lipinski definition) is 3. The Labute approximate surface area is 127 Å². The lowest BCUT2D eigenvalue weighted by Crippen LogP contribution is -1.88. The Morgan fingerprint density at radius 2 is 1.80 bits per heavy atom. The highest BCUT2D eigenvalue weighted by Crippen LogP contribution is 2.32. The van der Waals surface area contributed by atoms with Crippen molar-refractivity contribution in [1.29, 1.82) is 10.5 Å². The largest absolute Gasteiger partial charge is 0.192 e. The molecule has 2 aromatic carbocycles. The van der Waals surface area contributed by atoms with Gasteiger partial charge in [-0.05, 0) is 35.6 Å². The average molecular weight is 299 g/mol. The molecule has 0 saturated carbocycles. The second-order valence-electron chi connectivity index (χ2n) is 4.06. The predicted molar refractivity (Wildman–Crippen MR) is 82.7 cm³/mol. The second kappa shape index (κ2) is 6.48. The SMILES string of the molecule is CCSc1cccc(-c2cc(C#N)c(C#N)cc2Cl)c1. The van der Waals surface area contributed by atoms with Gasteiger partial charge in [0.05, 0.1) is 11.1 Å². The third-order valence-electron chi connectivity index (χ3n) is 2.80. The van der Waals surface area contributed by atoms with Crippen LogP contribution in [0.2, 0.25) is 5.02 Å². The Kier molecular flexibility index (Phi) is 4.69. The first kappa shape index (κ1) is 14.5. The summed E-state index contributed by atoms with van der Waals surface area (Å²) in [5.74, 6) is 0.994. The van der Waals surface area contributed by atoms with Gasteiger partial charge in [0.2, 0.25) is 0 Å². The molecule has 0 heterocycles. The molecule has 2 aromatic rings. The molecule has 2 nitrogen and oxygen atoms in total. The molecule has 0 bridgehead atoms. The highest BCUT2D eigenvalue weighted by molar-refractivity contribution is 7.99. The average Bonchev–Trinajstić information content (AvgIpc) is 2.47. The fraction of sp³-hybridized carbons (Fsp3) is 0.125. The number of nitrogens with zero attached hydrogens (tertiary/aromatic N) is 2. The Morgan fingerprint density at radius 1 is 1.10 bits per heavy atom. The van der Waals surface area contributed by atoms with E-state index in [2.05, 4.69) is 6.92 Å². The number of nitriles is 2. The summed E-state index contributed by atoms with van der Waals surface area (Å²) < 4.78 is 0. The molecule has 0 aliphatic rings. The first-order chi connectivity index (χ1) is 9.69. The zero-order valence-electron chi connectivity index (χ0n) is 10.9. The molecule has 0 saturated heterocycles. The van der Waals surface area contributed by atoms with E-state index in [1.165, 1.54) is 0 Å². The van der Waals surface area contributed by atoms with Crippen LogP contribution in [0, 0.1) is 22.7 Å². The molecule has 20 heavy (non-hydrogen) atoms. The van der Waals surface area contributed by atoms with Crippen molar-refractivity contribution in [3.8, 4) is 23.3 Å². The van der Waals surface area contributed by atoms with E-state index in [-0.39, 0.29) is 0 Å². The summed E-state index contributed by atoms with van der Waals surface area (Å²) in [6.07, 6.45) is 0. The summed E-state index contributed by atoms with van der Waals surface area (Å²) in [6.45, 7) is 2.10. The van der Waals surface area contributed by atoms with E-state index in [0.717, 1.165) is 21.8 Å². The highest BCUT2D eigenvalue weighted by Gasteiger charge is 2.10. The molecule has 0 aliphatic carbocycles. The topological polar surface area (TPSA) is 47.6 Å². The Morgan fingerprint density at radius 3 is 2.45 bits per heavy atom. The maximum Gasteiger partial charge on any atom is 0.101 e. The minimum Gasteiger partial charge on any atom is -0.192 e. The van der Waals surface area contributed by atoms with Gasteiger partial charge < -0.3 is 0 Å². The molecule has 0 radical (unpaired) electrons. The molecular weight excluding hydrogens is 288 g/mol. The zero-order chi connectivity index (χ0) is 14.5. The number of rotatable bonds is 3. The van der Waals surface area contributed by atoms with Gasteiger partial charge in [-0.2, -0.15) is 10.5 Å². The lowest BCUT2D eigenvalue weighted by Gasteiger charge is -2.08. The van der Waals surface area contributed by atoms with Crippen molar-refractivity contribution < 1.29 is 0 Å². The summed E-state index contributed by atoms with van der Waals surface area (Å²) >= 11 is 7.98. The van der Waals surface area contributed by atoms with E-state index >= 15 is 0 Å². The summed E-state index contributed by atoms with van der Waals surface area (Å²) in [4.78, 5) is 1.16. The summed E-state index contributed by atoms with van der Waals surface area (Å²) in [7, 11) is 0. The molecule has 98 valence electrons. The van der Waals surface area contributed by atoms with Crippen LogP contribution in [0.3, 0.4) is 0 Å². The van der Waals surface area contributed by atoms with Gasteiger partial charge in [-0.15, -0.1) is 11.8 Å². The van der Waals surface area contributed by atoms with Crippen LogP contribution in [-0.2, 0) is 0 Å². The maximum atomic E-state index is 9.10. The molecular formula is C16H11ClN2S. The molecule has 0 aliphatic heterocycles. The molecule has 0 atom stereocenters. The van der Waals surface area contributed by atoms with Crippen molar-refractivity contribution in [2.24, 2.45) is 0 Å². The van der Waals surface area contributed by atoms with Crippen molar-refractivity contribution in [3.63, 3.8) is 0 Å². The van der Waals surface area contributed by atoms with Crippen LogP contribution in [0.5, 0.6) is 0 Å². The molecule has 0 N–H and O–H groups in total. The van der Waals surface area contributed by atoms with Crippen molar-refractivity contribution in [2.75, 3.05) is 5.75 Å². The van der Waals surface area contributed by atoms with Gasteiger partial charge in [-0.1, -0.05) is 30.7 Å².